The Kier molecular flexibility index (Phi) is 4.65. The summed E-state index contributed by atoms with van der Waals surface area (Å²) in [6.07, 6.45) is 9.35. The van der Waals surface area contributed by atoms with Gasteiger partial charge in [-0.2, -0.15) is 0 Å². The maximum absolute atomic E-state index is 4.67. The zero-order valence-corrected chi connectivity index (χ0v) is 14.1. The molecule has 4 rings (SSSR count). The molecule has 5 heteroatoms. The minimum Gasteiger partial charge on any atom is -0.351 e. The third-order valence-corrected chi connectivity index (χ3v) is 4.50. The molecule has 0 spiro atoms. The first kappa shape index (κ1) is 15.7. The van der Waals surface area contributed by atoms with Crippen LogP contribution in [0.15, 0.2) is 67.4 Å². The summed E-state index contributed by atoms with van der Waals surface area (Å²) < 4.78 is 0. The molecule has 1 aliphatic rings. The maximum Gasteiger partial charge on any atom is 0.133 e. The van der Waals surface area contributed by atoms with Crippen molar-refractivity contribution in [2.24, 2.45) is 0 Å². The minimum absolute atomic E-state index is 0.854. The molecule has 3 aromatic heterocycles. The molecule has 126 valence electrons. The van der Waals surface area contributed by atoms with E-state index in [4.69, 9.17) is 0 Å². The highest BCUT2D eigenvalue weighted by atomic mass is 15.2. The Morgan fingerprint density at radius 3 is 2.52 bits per heavy atom. The van der Waals surface area contributed by atoms with Crippen molar-refractivity contribution in [3.8, 4) is 0 Å². The topological polar surface area (TPSA) is 45.2 Å². The van der Waals surface area contributed by atoms with Crippen molar-refractivity contribution < 1.29 is 0 Å². The van der Waals surface area contributed by atoms with Crippen molar-refractivity contribution in [1.29, 1.82) is 0 Å². The predicted molar refractivity (Wildman–Crippen MR) is 97.9 cm³/mol. The van der Waals surface area contributed by atoms with Gasteiger partial charge < -0.3 is 4.90 Å². The van der Waals surface area contributed by atoms with E-state index in [2.05, 4.69) is 49.0 Å². The zero-order chi connectivity index (χ0) is 16.9. The molecule has 0 saturated heterocycles. The van der Waals surface area contributed by atoms with E-state index in [0.717, 1.165) is 38.5 Å². The molecule has 0 N–H and O–H groups in total. The SMILES string of the molecule is c1cncc(CN2CCN(Cc3ccncc3)c3ncccc3C2)c1. The summed E-state index contributed by atoms with van der Waals surface area (Å²) in [4.78, 5) is 17.8. The summed E-state index contributed by atoms with van der Waals surface area (Å²) in [5.74, 6) is 1.09. The highest BCUT2D eigenvalue weighted by Crippen LogP contribution is 2.24. The van der Waals surface area contributed by atoms with Gasteiger partial charge in [0.25, 0.3) is 0 Å². The second-order valence-corrected chi connectivity index (χ2v) is 6.34. The number of nitrogens with zero attached hydrogens (tertiary/aromatic N) is 5. The first-order valence-electron chi connectivity index (χ1n) is 8.57. The van der Waals surface area contributed by atoms with Gasteiger partial charge in [0, 0.05) is 69.3 Å². The van der Waals surface area contributed by atoms with Crippen LogP contribution in [0.1, 0.15) is 16.7 Å². The molecule has 0 fully saturated rings. The molecule has 0 saturated carbocycles. The van der Waals surface area contributed by atoms with Crippen LogP contribution >= 0.6 is 0 Å². The van der Waals surface area contributed by atoms with Crippen molar-refractivity contribution >= 4 is 5.82 Å². The molecular weight excluding hydrogens is 310 g/mol. The number of pyridine rings is 3. The van der Waals surface area contributed by atoms with E-state index < -0.39 is 0 Å². The average Bonchev–Trinajstić information content (AvgIpc) is 2.83. The molecular formula is C20H21N5. The third-order valence-electron chi connectivity index (χ3n) is 4.50. The quantitative estimate of drug-likeness (QED) is 0.735. The van der Waals surface area contributed by atoms with Gasteiger partial charge in [-0.25, -0.2) is 4.98 Å². The van der Waals surface area contributed by atoms with Gasteiger partial charge in [0.15, 0.2) is 0 Å². The molecule has 0 amide bonds. The van der Waals surface area contributed by atoms with Gasteiger partial charge in [0.2, 0.25) is 0 Å². The Balaban J connectivity index is 1.56. The second kappa shape index (κ2) is 7.40. The van der Waals surface area contributed by atoms with E-state index >= 15 is 0 Å². The average molecular weight is 331 g/mol. The first-order chi connectivity index (χ1) is 12.4. The van der Waals surface area contributed by atoms with Gasteiger partial charge in [0.05, 0.1) is 0 Å². The van der Waals surface area contributed by atoms with Gasteiger partial charge >= 0.3 is 0 Å². The highest BCUT2D eigenvalue weighted by Gasteiger charge is 2.21. The summed E-state index contributed by atoms with van der Waals surface area (Å²) >= 11 is 0. The van der Waals surface area contributed by atoms with Gasteiger partial charge in [-0.1, -0.05) is 12.1 Å². The molecule has 3 aromatic rings. The Labute approximate surface area is 148 Å². The zero-order valence-electron chi connectivity index (χ0n) is 14.1. The number of rotatable bonds is 4. The van der Waals surface area contributed by atoms with E-state index in [9.17, 15) is 0 Å². The number of hydrogen-bond donors (Lipinski definition) is 0. The van der Waals surface area contributed by atoms with Crippen LogP contribution in [0.25, 0.3) is 0 Å². The monoisotopic (exact) mass is 331 g/mol. The fraction of sp³-hybridized carbons (Fsp3) is 0.250. The highest BCUT2D eigenvalue weighted by molar-refractivity contribution is 5.48. The molecule has 0 radical (unpaired) electrons. The largest absolute Gasteiger partial charge is 0.351 e. The van der Waals surface area contributed by atoms with Crippen molar-refractivity contribution in [2.75, 3.05) is 18.0 Å². The molecule has 0 atom stereocenters. The normalized spacial score (nSPS) is 14.8. The Morgan fingerprint density at radius 2 is 1.68 bits per heavy atom. The van der Waals surface area contributed by atoms with Crippen LogP contribution in [0.3, 0.4) is 0 Å². The molecule has 0 bridgehead atoms. The van der Waals surface area contributed by atoms with Gasteiger partial charge in [-0.3, -0.25) is 14.9 Å². The second-order valence-electron chi connectivity index (χ2n) is 6.34. The van der Waals surface area contributed by atoms with Crippen molar-refractivity contribution in [3.05, 3.63) is 84.1 Å². The van der Waals surface area contributed by atoms with E-state index in [-0.39, 0.29) is 0 Å². The van der Waals surface area contributed by atoms with Crippen LogP contribution in [-0.4, -0.2) is 32.9 Å². The molecule has 5 nitrogen and oxygen atoms in total. The summed E-state index contributed by atoms with van der Waals surface area (Å²) in [6, 6.07) is 12.5. The minimum atomic E-state index is 0.854. The van der Waals surface area contributed by atoms with E-state index in [1.807, 2.05) is 43.1 Å². The fourth-order valence-corrected chi connectivity index (χ4v) is 3.27. The van der Waals surface area contributed by atoms with Crippen molar-refractivity contribution in [3.63, 3.8) is 0 Å². The number of hydrogen-bond acceptors (Lipinski definition) is 5. The maximum atomic E-state index is 4.67. The third kappa shape index (κ3) is 3.83. The molecule has 4 heterocycles. The number of fused-ring (bicyclic) bond motifs is 1. The Bertz CT molecular complexity index is 807. The summed E-state index contributed by atoms with van der Waals surface area (Å²) in [7, 11) is 0. The standard InChI is InChI=1S/C20H21N5/c1-3-18(13-22-7-1)14-24-11-12-25(15-17-5-9-21-10-6-17)20-19(16-24)4-2-8-23-20/h1-10,13H,11-12,14-16H2. The smallest absolute Gasteiger partial charge is 0.133 e. The van der Waals surface area contributed by atoms with Crippen LogP contribution < -0.4 is 4.90 Å². The molecule has 1 aliphatic heterocycles. The molecule has 0 aliphatic carbocycles. The van der Waals surface area contributed by atoms with Crippen LogP contribution in [0.2, 0.25) is 0 Å². The van der Waals surface area contributed by atoms with Gasteiger partial charge in [-0.05, 0) is 35.4 Å². The lowest BCUT2D eigenvalue weighted by atomic mass is 10.2. The lowest BCUT2D eigenvalue weighted by Gasteiger charge is -2.24. The number of anilines is 1. The van der Waals surface area contributed by atoms with Crippen LogP contribution in [0, 0.1) is 0 Å². The van der Waals surface area contributed by atoms with Crippen molar-refractivity contribution in [2.45, 2.75) is 19.6 Å². The predicted octanol–water partition coefficient (Wildman–Crippen LogP) is 2.89. The van der Waals surface area contributed by atoms with Crippen molar-refractivity contribution in [1.82, 2.24) is 19.9 Å². The lowest BCUT2D eigenvalue weighted by molar-refractivity contribution is 0.268. The molecule has 25 heavy (non-hydrogen) atoms. The Morgan fingerprint density at radius 1 is 0.800 bits per heavy atom. The van der Waals surface area contributed by atoms with Crippen LogP contribution in [0.5, 0.6) is 0 Å². The Hall–Kier alpha value is -2.79. The van der Waals surface area contributed by atoms with Crippen LogP contribution in [0.4, 0.5) is 5.82 Å². The van der Waals surface area contributed by atoms with E-state index in [1.54, 1.807) is 0 Å². The van der Waals surface area contributed by atoms with Gasteiger partial charge in [-0.15, -0.1) is 0 Å². The fourth-order valence-electron chi connectivity index (χ4n) is 3.27. The van der Waals surface area contributed by atoms with Crippen LogP contribution in [-0.2, 0) is 19.6 Å². The van der Waals surface area contributed by atoms with Gasteiger partial charge in [0.1, 0.15) is 5.82 Å². The van der Waals surface area contributed by atoms with E-state index in [1.165, 1.54) is 16.7 Å². The first-order valence-corrected chi connectivity index (χ1v) is 8.57. The summed E-state index contributed by atoms with van der Waals surface area (Å²) in [6.45, 7) is 4.62. The summed E-state index contributed by atoms with van der Waals surface area (Å²) in [5.41, 5.74) is 3.78. The molecule has 0 aromatic carbocycles. The molecule has 0 unspecified atom stereocenters. The lowest BCUT2D eigenvalue weighted by Crippen LogP contribution is -2.31. The summed E-state index contributed by atoms with van der Waals surface area (Å²) in [5, 5.41) is 0. The van der Waals surface area contributed by atoms with E-state index in [0.29, 0.717) is 0 Å². The number of aromatic nitrogens is 3.